The van der Waals surface area contributed by atoms with E-state index in [1.54, 1.807) is 7.11 Å². The van der Waals surface area contributed by atoms with Gasteiger partial charge in [-0.15, -0.1) is 0 Å². The highest BCUT2D eigenvalue weighted by molar-refractivity contribution is 9.10. The van der Waals surface area contributed by atoms with Crippen LogP contribution < -0.4 is 4.74 Å². The average molecular weight is 316 g/mol. The fourth-order valence-corrected chi connectivity index (χ4v) is 2.44. The summed E-state index contributed by atoms with van der Waals surface area (Å²) >= 11 is 3.36. The molecule has 18 heavy (non-hydrogen) atoms. The molecule has 0 bridgehead atoms. The predicted octanol–water partition coefficient (Wildman–Crippen LogP) is 3.78. The van der Waals surface area contributed by atoms with Crippen LogP contribution >= 0.6 is 15.9 Å². The fraction of sp³-hybridized carbons (Fsp3) is 0.571. The molecule has 102 valence electrons. The molecule has 0 aliphatic carbocycles. The number of aromatic hydroxyl groups is 1. The van der Waals surface area contributed by atoms with Crippen molar-refractivity contribution in [1.29, 1.82) is 0 Å². The van der Waals surface area contributed by atoms with Crippen molar-refractivity contribution in [2.24, 2.45) is 0 Å². The maximum Gasteiger partial charge on any atom is 0.172 e. The molecule has 0 aliphatic rings. The van der Waals surface area contributed by atoms with Crippen LogP contribution in [0.5, 0.6) is 11.5 Å². The van der Waals surface area contributed by atoms with Gasteiger partial charge in [0.25, 0.3) is 0 Å². The molecule has 0 radical (unpaired) electrons. The standard InChI is InChI=1S/C14H22BrNO2/c1-5-10(3)16(6-2)9-11-7-12(15)14(17)13(8-11)18-4/h7-8,10,17H,5-6,9H2,1-4H3. The lowest BCUT2D eigenvalue weighted by Gasteiger charge is -2.27. The number of benzene rings is 1. The van der Waals surface area contributed by atoms with Crippen LogP contribution in [0.1, 0.15) is 32.8 Å². The Kier molecular flexibility index (Phi) is 5.96. The summed E-state index contributed by atoms with van der Waals surface area (Å²) < 4.78 is 5.85. The highest BCUT2D eigenvalue weighted by Crippen LogP contribution is 2.35. The van der Waals surface area contributed by atoms with Crippen molar-refractivity contribution in [3.05, 3.63) is 22.2 Å². The number of phenols is 1. The second-order valence-corrected chi connectivity index (χ2v) is 5.30. The van der Waals surface area contributed by atoms with Crippen LogP contribution in [0.3, 0.4) is 0 Å². The molecule has 0 fully saturated rings. The lowest BCUT2D eigenvalue weighted by atomic mass is 10.1. The number of hydrogen-bond donors (Lipinski definition) is 1. The van der Waals surface area contributed by atoms with Crippen LogP contribution in [-0.2, 0) is 6.54 Å². The summed E-state index contributed by atoms with van der Waals surface area (Å²) in [5.74, 6) is 0.674. The SMILES string of the molecule is CCC(C)N(CC)Cc1cc(Br)c(O)c(OC)c1. The monoisotopic (exact) mass is 315 g/mol. The highest BCUT2D eigenvalue weighted by atomic mass is 79.9. The van der Waals surface area contributed by atoms with E-state index in [1.165, 1.54) is 0 Å². The first-order chi connectivity index (χ1) is 8.53. The summed E-state index contributed by atoms with van der Waals surface area (Å²) in [6, 6.07) is 4.39. The molecule has 0 saturated carbocycles. The van der Waals surface area contributed by atoms with Gasteiger partial charge in [0.05, 0.1) is 11.6 Å². The van der Waals surface area contributed by atoms with Crippen LogP contribution in [0, 0.1) is 0 Å². The lowest BCUT2D eigenvalue weighted by Crippen LogP contribution is -2.31. The average Bonchev–Trinajstić information content (AvgIpc) is 2.38. The number of methoxy groups -OCH3 is 1. The minimum atomic E-state index is 0.160. The molecule has 0 aromatic heterocycles. The molecule has 1 aromatic carbocycles. The third-order valence-corrected chi connectivity index (χ3v) is 3.92. The molecule has 1 atom stereocenters. The number of ether oxygens (including phenoxy) is 1. The van der Waals surface area contributed by atoms with Crippen molar-refractivity contribution in [2.75, 3.05) is 13.7 Å². The third kappa shape index (κ3) is 3.62. The van der Waals surface area contributed by atoms with E-state index in [0.29, 0.717) is 16.3 Å². The summed E-state index contributed by atoms with van der Waals surface area (Å²) in [5.41, 5.74) is 1.14. The van der Waals surface area contributed by atoms with Crippen LogP contribution in [0.4, 0.5) is 0 Å². The second-order valence-electron chi connectivity index (χ2n) is 4.45. The summed E-state index contributed by atoms with van der Waals surface area (Å²) in [4.78, 5) is 2.40. The zero-order chi connectivity index (χ0) is 13.7. The Bertz CT molecular complexity index is 396. The van der Waals surface area contributed by atoms with Gasteiger partial charge in [0.1, 0.15) is 0 Å². The first-order valence-corrected chi connectivity index (χ1v) is 7.12. The van der Waals surface area contributed by atoms with Crippen molar-refractivity contribution >= 4 is 15.9 Å². The molecule has 0 aliphatic heterocycles. The van der Waals surface area contributed by atoms with E-state index in [-0.39, 0.29) is 5.75 Å². The van der Waals surface area contributed by atoms with Gasteiger partial charge in [-0.3, -0.25) is 4.90 Å². The minimum absolute atomic E-state index is 0.160. The molecule has 0 saturated heterocycles. The molecule has 1 unspecified atom stereocenters. The number of rotatable bonds is 6. The predicted molar refractivity (Wildman–Crippen MR) is 78.2 cm³/mol. The van der Waals surface area contributed by atoms with E-state index in [4.69, 9.17) is 4.74 Å². The first kappa shape index (κ1) is 15.3. The molecular weight excluding hydrogens is 294 g/mol. The first-order valence-electron chi connectivity index (χ1n) is 6.32. The van der Waals surface area contributed by atoms with E-state index in [1.807, 2.05) is 12.1 Å². The van der Waals surface area contributed by atoms with Crippen molar-refractivity contribution in [3.63, 3.8) is 0 Å². The smallest absolute Gasteiger partial charge is 0.172 e. The summed E-state index contributed by atoms with van der Waals surface area (Å²) in [5, 5.41) is 9.78. The topological polar surface area (TPSA) is 32.7 Å². The van der Waals surface area contributed by atoms with E-state index >= 15 is 0 Å². The Balaban J connectivity index is 2.93. The third-order valence-electron chi connectivity index (χ3n) is 3.31. The number of hydrogen-bond acceptors (Lipinski definition) is 3. The number of phenolic OH excluding ortho intramolecular Hbond substituents is 1. The fourth-order valence-electron chi connectivity index (χ4n) is 1.95. The van der Waals surface area contributed by atoms with Gasteiger partial charge in [0.15, 0.2) is 11.5 Å². The maximum atomic E-state index is 9.78. The highest BCUT2D eigenvalue weighted by Gasteiger charge is 2.14. The molecular formula is C14H22BrNO2. The minimum Gasteiger partial charge on any atom is -0.503 e. The van der Waals surface area contributed by atoms with E-state index < -0.39 is 0 Å². The lowest BCUT2D eigenvalue weighted by molar-refractivity contribution is 0.205. The zero-order valence-electron chi connectivity index (χ0n) is 11.5. The van der Waals surface area contributed by atoms with Crippen LogP contribution in [-0.4, -0.2) is 29.7 Å². The van der Waals surface area contributed by atoms with Gasteiger partial charge >= 0.3 is 0 Å². The van der Waals surface area contributed by atoms with Crippen molar-refractivity contribution in [2.45, 2.75) is 39.8 Å². The summed E-state index contributed by atoms with van der Waals surface area (Å²) in [7, 11) is 1.57. The Morgan fingerprint density at radius 1 is 1.39 bits per heavy atom. The normalized spacial score (nSPS) is 12.8. The van der Waals surface area contributed by atoms with E-state index in [9.17, 15) is 5.11 Å². The maximum absolute atomic E-state index is 9.78. The number of halogens is 1. The van der Waals surface area contributed by atoms with E-state index in [0.717, 1.165) is 25.1 Å². The van der Waals surface area contributed by atoms with Crippen molar-refractivity contribution in [3.8, 4) is 11.5 Å². The molecule has 1 aromatic rings. The van der Waals surface area contributed by atoms with Gasteiger partial charge in [0.2, 0.25) is 0 Å². The van der Waals surface area contributed by atoms with Crippen molar-refractivity contribution < 1.29 is 9.84 Å². The Hall–Kier alpha value is -0.740. The van der Waals surface area contributed by atoms with Crippen LogP contribution in [0.25, 0.3) is 0 Å². The zero-order valence-corrected chi connectivity index (χ0v) is 13.1. The molecule has 4 heteroatoms. The van der Waals surface area contributed by atoms with Gasteiger partial charge in [-0.2, -0.15) is 0 Å². The molecule has 1 rings (SSSR count). The molecule has 0 heterocycles. The molecule has 0 amide bonds. The Morgan fingerprint density at radius 3 is 2.56 bits per heavy atom. The quantitative estimate of drug-likeness (QED) is 0.867. The van der Waals surface area contributed by atoms with Crippen LogP contribution in [0.15, 0.2) is 16.6 Å². The summed E-state index contributed by atoms with van der Waals surface area (Å²) in [6.45, 7) is 8.46. The van der Waals surface area contributed by atoms with Gasteiger partial charge < -0.3 is 9.84 Å². The molecule has 1 N–H and O–H groups in total. The van der Waals surface area contributed by atoms with Gasteiger partial charge in [-0.1, -0.05) is 13.8 Å². The summed E-state index contributed by atoms with van der Waals surface area (Å²) in [6.07, 6.45) is 1.13. The molecule has 3 nitrogen and oxygen atoms in total. The van der Waals surface area contributed by atoms with E-state index in [2.05, 4.69) is 41.6 Å². The second kappa shape index (κ2) is 7.00. The van der Waals surface area contributed by atoms with Gasteiger partial charge in [-0.05, 0) is 53.5 Å². The van der Waals surface area contributed by atoms with Crippen LogP contribution in [0.2, 0.25) is 0 Å². The van der Waals surface area contributed by atoms with Crippen molar-refractivity contribution in [1.82, 2.24) is 4.90 Å². The Morgan fingerprint density at radius 2 is 2.06 bits per heavy atom. The Labute approximate surface area is 118 Å². The number of nitrogens with zero attached hydrogens (tertiary/aromatic N) is 1. The van der Waals surface area contributed by atoms with Gasteiger partial charge in [-0.25, -0.2) is 0 Å². The largest absolute Gasteiger partial charge is 0.503 e. The molecule has 0 spiro atoms. The van der Waals surface area contributed by atoms with Gasteiger partial charge in [0, 0.05) is 12.6 Å².